The van der Waals surface area contributed by atoms with Gasteiger partial charge in [-0.2, -0.15) is 0 Å². The lowest BCUT2D eigenvalue weighted by molar-refractivity contribution is -0.135. The standard InChI is InChI=1S/C32H33N5O8/c1-41-22-9-20-10-23(11-22)44-17-30(38)33-13-19-7-8-21(12-27(19)42-2)45-28-15-37(14-26(28)36-32(20)40)31(39)18-43-16-29-34-24-5-3-4-6-25(24)35-29/h3-12,26,28H,13-18H2,1-2H3,(H,33,38)(H,34,35)(H,36,40)/t26-,28-/m0/s1. The number of rotatable bonds is 6. The first kappa shape index (κ1) is 29.8. The molecule has 13 nitrogen and oxygen atoms in total. The Morgan fingerprint density at radius 3 is 2.71 bits per heavy atom. The van der Waals surface area contributed by atoms with Crippen molar-refractivity contribution in [3.63, 3.8) is 0 Å². The number of hydrogen-bond acceptors (Lipinski definition) is 9. The predicted octanol–water partition coefficient (Wildman–Crippen LogP) is 2.19. The summed E-state index contributed by atoms with van der Waals surface area (Å²) in [5.74, 6) is 1.27. The average molecular weight is 616 g/mol. The van der Waals surface area contributed by atoms with Gasteiger partial charge in [0.15, 0.2) is 6.61 Å². The third-order valence-corrected chi connectivity index (χ3v) is 7.61. The van der Waals surface area contributed by atoms with E-state index in [0.29, 0.717) is 23.1 Å². The molecule has 2 atom stereocenters. The number of nitrogens with zero attached hydrogens (tertiary/aromatic N) is 2. The SMILES string of the molecule is COc1cc2cc(c1)C(=O)N[C@H]1CN(C(=O)COCc3nc4ccccc4[nH]3)C[C@@H]1Oc1ccc(c(OC)c1)CNC(=O)CO2. The first-order valence-corrected chi connectivity index (χ1v) is 14.4. The zero-order valence-electron chi connectivity index (χ0n) is 24.8. The quantitative estimate of drug-likeness (QED) is 0.296. The number of methoxy groups -OCH3 is 2. The van der Waals surface area contributed by atoms with E-state index in [0.717, 1.165) is 16.6 Å². The number of carbonyl (C=O) groups excluding carboxylic acids is 3. The van der Waals surface area contributed by atoms with Gasteiger partial charge in [0.2, 0.25) is 5.91 Å². The van der Waals surface area contributed by atoms with Crippen LogP contribution in [0.4, 0.5) is 0 Å². The number of ether oxygens (including phenoxy) is 5. The number of hydrogen-bond donors (Lipinski definition) is 3. The van der Waals surface area contributed by atoms with Crippen LogP contribution in [0.5, 0.6) is 23.0 Å². The van der Waals surface area contributed by atoms with Crippen LogP contribution in [-0.2, 0) is 27.5 Å². The fraction of sp³-hybridized carbons (Fsp3) is 0.312. The van der Waals surface area contributed by atoms with Crippen LogP contribution in [0.15, 0.2) is 60.7 Å². The van der Waals surface area contributed by atoms with Gasteiger partial charge in [-0.05, 0) is 36.4 Å². The fourth-order valence-corrected chi connectivity index (χ4v) is 5.30. The molecule has 0 spiro atoms. The van der Waals surface area contributed by atoms with Gasteiger partial charge in [0.05, 0.1) is 37.8 Å². The molecule has 4 aromatic rings. The van der Waals surface area contributed by atoms with Crippen molar-refractivity contribution in [2.45, 2.75) is 25.3 Å². The number of benzene rings is 3. The summed E-state index contributed by atoms with van der Waals surface area (Å²) in [7, 11) is 3.00. The maximum absolute atomic E-state index is 13.5. The van der Waals surface area contributed by atoms with Crippen LogP contribution in [0.3, 0.4) is 0 Å². The second kappa shape index (κ2) is 13.1. The third-order valence-electron chi connectivity index (χ3n) is 7.61. The molecular weight excluding hydrogens is 582 g/mol. The molecule has 7 rings (SSSR count). The molecule has 1 saturated heterocycles. The van der Waals surface area contributed by atoms with Gasteiger partial charge in [0.1, 0.15) is 48.1 Å². The molecule has 3 N–H and O–H groups in total. The molecule has 4 bridgehead atoms. The highest BCUT2D eigenvalue weighted by Crippen LogP contribution is 2.28. The molecule has 0 saturated carbocycles. The fourth-order valence-electron chi connectivity index (χ4n) is 5.30. The minimum atomic E-state index is -0.583. The van der Waals surface area contributed by atoms with Gasteiger partial charge < -0.3 is 44.2 Å². The first-order chi connectivity index (χ1) is 21.9. The van der Waals surface area contributed by atoms with Gasteiger partial charge in [-0.15, -0.1) is 0 Å². The molecule has 13 heteroatoms. The Balaban J connectivity index is 1.21. The summed E-state index contributed by atoms with van der Waals surface area (Å²) < 4.78 is 28.6. The van der Waals surface area contributed by atoms with Crippen LogP contribution in [0.1, 0.15) is 21.7 Å². The van der Waals surface area contributed by atoms with Crippen LogP contribution < -0.4 is 29.6 Å². The van der Waals surface area contributed by atoms with E-state index in [1.807, 2.05) is 24.3 Å². The molecule has 0 radical (unpaired) electrons. The van der Waals surface area contributed by atoms with E-state index >= 15 is 0 Å². The number of fused-ring (bicyclic) bond motifs is 8. The Morgan fingerprint density at radius 2 is 1.89 bits per heavy atom. The van der Waals surface area contributed by atoms with Crippen molar-refractivity contribution >= 4 is 28.8 Å². The molecule has 1 fully saturated rings. The molecule has 1 aromatic heterocycles. The Kier molecular flexibility index (Phi) is 8.69. The minimum absolute atomic E-state index is 0.140. The van der Waals surface area contributed by atoms with Gasteiger partial charge in [0, 0.05) is 36.3 Å². The molecule has 3 aromatic carbocycles. The number of aromatic nitrogens is 2. The van der Waals surface area contributed by atoms with E-state index in [1.54, 1.807) is 35.2 Å². The minimum Gasteiger partial charge on any atom is -0.497 e. The lowest BCUT2D eigenvalue weighted by atomic mass is 10.1. The number of aromatic amines is 1. The Hall–Kier alpha value is -5.30. The smallest absolute Gasteiger partial charge is 0.258 e. The van der Waals surface area contributed by atoms with Crippen molar-refractivity contribution in [2.75, 3.05) is 40.5 Å². The number of amides is 3. The van der Waals surface area contributed by atoms with Gasteiger partial charge in [-0.1, -0.05) is 12.1 Å². The molecule has 0 unspecified atom stereocenters. The molecule has 3 amide bonds. The van der Waals surface area contributed by atoms with Crippen molar-refractivity contribution in [3.05, 3.63) is 77.6 Å². The van der Waals surface area contributed by atoms with Crippen molar-refractivity contribution in [2.24, 2.45) is 0 Å². The summed E-state index contributed by atoms with van der Waals surface area (Å²) in [5.41, 5.74) is 2.71. The topological polar surface area (TPSA) is 153 Å². The molecule has 0 aliphatic carbocycles. The van der Waals surface area contributed by atoms with E-state index in [9.17, 15) is 14.4 Å². The van der Waals surface area contributed by atoms with Crippen LogP contribution in [0.2, 0.25) is 0 Å². The zero-order valence-corrected chi connectivity index (χ0v) is 24.8. The molecule has 4 heterocycles. The lowest BCUT2D eigenvalue weighted by Crippen LogP contribution is -2.45. The first-order valence-electron chi connectivity index (χ1n) is 14.4. The maximum Gasteiger partial charge on any atom is 0.258 e. The van der Waals surface area contributed by atoms with Gasteiger partial charge in [-0.25, -0.2) is 4.98 Å². The molecule has 3 aliphatic rings. The molecule has 234 valence electrons. The number of imidazole rings is 1. The highest BCUT2D eigenvalue weighted by molar-refractivity contribution is 5.95. The maximum atomic E-state index is 13.5. The summed E-state index contributed by atoms with van der Waals surface area (Å²) in [6.45, 7) is 0.320. The summed E-state index contributed by atoms with van der Waals surface area (Å²) in [5, 5.41) is 5.81. The number of carbonyl (C=O) groups is 3. The summed E-state index contributed by atoms with van der Waals surface area (Å²) in [6, 6.07) is 17.0. The monoisotopic (exact) mass is 615 g/mol. The zero-order chi connectivity index (χ0) is 31.3. The highest BCUT2D eigenvalue weighted by Gasteiger charge is 2.38. The molecule has 3 aliphatic heterocycles. The number of para-hydroxylation sites is 2. The van der Waals surface area contributed by atoms with Crippen LogP contribution in [-0.4, -0.2) is 85.3 Å². The van der Waals surface area contributed by atoms with E-state index < -0.39 is 18.1 Å². The lowest BCUT2D eigenvalue weighted by Gasteiger charge is -2.22. The van der Waals surface area contributed by atoms with Crippen molar-refractivity contribution in [1.82, 2.24) is 25.5 Å². The second-order valence-electron chi connectivity index (χ2n) is 10.7. The third kappa shape index (κ3) is 6.93. The van der Waals surface area contributed by atoms with Crippen LogP contribution in [0.25, 0.3) is 11.0 Å². The Morgan fingerprint density at radius 1 is 1.02 bits per heavy atom. The molecule has 45 heavy (non-hydrogen) atoms. The summed E-state index contributed by atoms with van der Waals surface area (Å²) in [4.78, 5) is 48.5. The van der Waals surface area contributed by atoms with Gasteiger partial charge >= 0.3 is 0 Å². The highest BCUT2D eigenvalue weighted by atomic mass is 16.5. The van der Waals surface area contributed by atoms with Crippen molar-refractivity contribution in [3.8, 4) is 23.0 Å². The van der Waals surface area contributed by atoms with Crippen LogP contribution in [0, 0.1) is 0 Å². The molecular formula is C32H33N5O8. The largest absolute Gasteiger partial charge is 0.497 e. The predicted molar refractivity (Wildman–Crippen MR) is 161 cm³/mol. The number of nitrogens with one attached hydrogen (secondary N) is 3. The van der Waals surface area contributed by atoms with Gasteiger partial charge in [-0.3, -0.25) is 14.4 Å². The van der Waals surface area contributed by atoms with E-state index in [1.165, 1.54) is 20.3 Å². The summed E-state index contributed by atoms with van der Waals surface area (Å²) >= 11 is 0. The second-order valence-corrected chi connectivity index (χ2v) is 10.7. The number of likely N-dealkylation sites (tertiary alicyclic amines) is 1. The summed E-state index contributed by atoms with van der Waals surface area (Å²) in [6.07, 6.45) is -0.583. The number of H-pyrrole nitrogens is 1. The van der Waals surface area contributed by atoms with Crippen molar-refractivity contribution < 1.29 is 38.1 Å². The van der Waals surface area contributed by atoms with E-state index in [-0.39, 0.29) is 62.6 Å². The van der Waals surface area contributed by atoms with Crippen molar-refractivity contribution in [1.29, 1.82) is 0 Å². The Bertz CT molecular complexity index is 1690. The van der Waals surface area contributed by atoms with Crippen LogP contribution >= 0.6 is 0 Å². The Labute approximate surface area is 258 Å². The normalized spacial score (nSPS) is 18.3. The van der Waals surface area contributed by atoms with Gasteiger partial charge in [0.25, 0.3) is 11.8 Å². The van der Waals surface area contributed by atoms with E-state index in [4.69, 9.17) is 23.7 Å². The average Bonchev–Trinajstić information content (AvgIpc) is 3.65. The van der Waals surface area contributed by atoms with E-state index in [2.05, 4.69) is 20.6 Å².